The lowest BCUT2D eigenvalue weighted by molar-refractivity contribution is -0.115. The third-order valence-corrected chi connectivity index (χ3v) is 11.2. The van der Waals surface area contributed by atoms with Gasteiger partial charge in [-0.15, -0.1) is 0 Å². The topological polar surface area (TPSA) is 66.8 Å². The van der Waals surface area contributed by atoms with Crippen molar-refractivity contribution in [2.24, 2.45) is 16.7 Å². The maximum absolute atomic E-state index is 12.6. The number of ketones is 1. The van der Waals surface area contributed by atoms with E-state index in [1.54, 1.807) is 24.3 Å². The van der Waals surface area contributed by atoms with Crippen LogP contribution >= 0.6 is 0 Å². The second-order valence-corrected chi connectivity index (χ2v) is 12.8. The van der Waals surface area contributed by atoms with E-state index in [4.69, 9.17) is 4.74 Å². The monoisotopic (exact) mass is 522 g/mol. The zero-order valence-electron chi connectivity index (χ0n) is 23.0. The normalized spacial score (nSPS) is 34.8. The van der Waals surface area contributed by atoms with Crippen molar-refractivity contribution < 1.29 is 19.7 Å². The van der Waals surface area contributed by atoms with Crippen LogP contribution in [0.25, 0.3) is 11.1 Å². The molecule has 0 radical (unpaired) electrons. The Labute approximate surface area is 231 Å². The van der Waals surface area contributed by atoms with Gasteiger partial charge in [0, 0.05) is 23.2 Å². The summed E-state index contributed by atoms with van der Waals surface area (Å²) in [5.74, 6) is 1.71. The van der Waals surface area contributed by atoms with Crippen molar-refractivity contribution in [3.05, 3.63) is 88.5 Å². The Balaban J connectivity index is 1.41. The molecule has 0 heterocycles. The molecule has 1 unspecified atom stereocenters. The van der Waals surface area contributed by atoms with Gasteiger partial charge in [0.2, 0.25) is 0 Å². The number of ether oxygens (including phenoxy) is 1. The minimum atomic E-state index is -0.925. The number of hydrogen-bond acceptors (Lipinski definition) is 4. The first-order chi connectivity index (χ1) is 18.8. The minimum absolute atomic E-state index is 0.0529. The van der Waals surface area contributed by atoms with Gasteiger partial charge >= 0.3 is 0 Å². The molecule has 7 rings (SSSR count). The molecule has 2 N–H and O–H groups in total. The van der Waals surface area contributed by atoms with E-state index in [1.165, 1.54) is 27.8 Å². The van der Waals surface area contributed by atoms with Crippen LogP contribution in [0.5, 0.6) is 5.75 Å². The first-order valence-electron chi connectivity index (χ1n) is 14.6. The van der Waals surface area contributed by atoms with Gasteiger partial charge in [-0.2, -0.15) is 0 Å². The molecule has 0 saturated heterocycles. The average molecular weight is 523 g/mol. The lowest BCUT2D eigenvalue weighted by atomic mass is 9.45. The molecular weight excluding hydrogens is 484 g/mol. The van der Waals surface area contributed by atoms with Gasteiger partial charge in [0.1, 0.15) is 5.75 Å². The number of aliphatic hydroxyl groups excluding tert-OH is 1. The molecule has 0 aliphatic heterocycles. The van der Waals surface area contributed by atoms with Crippen LogP contribution in [-0.2, 0) is 11.2 Å². The largest absolute Gasteiger partial charge is 0.497 e. The zero-order valence-corrected chi connectivity index (χ0v) is 23.0. The molecule has 0 bridgehead atoms. The number of aliphatic hydroxyl groups is 2. The molecule has 202 valence electrons. The molecule has 2 aromatic rings. The highest BCUT2D eigenvalue weighted by atomic mass is 16.5. The second-order valence-electron chi connectivity index (χ2n) is 12.8. The molecular formula is C35H38O4. The molecule has 1 saturated carbocycles. The fourth-order valence-corrected chi connectivity index (χ4v) is 9.30. The van der Waals surface area contributed by atoms with Gasteiger partial charge in [0.05, 0.1) is 19.3 Å². The number of rotatable bonds is 4. The maximum Gasteiger partial charge on any atom is 0.155 e. The third kappa shape index (κ3) is 3.47. The highest BCUT2D eigenvalue weighted by Crippen LogP contribution is 2.70. The van der Waals surface area contributed by atoms with Crippen LogP contribution in [0.15, 0.2) is 77.4 Å². The predicted octanol–water partition coefficient (Wildman–Crippen LogP) is 6.47. The molecule has 2 aromatic carbocycles. The number of carbonyl (C=O) groups is 1. The van der Waals surface area contributed by atoms with Crippen molar-refractivity contribution in [2.45, 2.75) is 69.8 Å². The highest BCUT2D eigenvalue weighted by molar-refractivity contribution is 5.92. The van der Waals surface area contributed by atoms with Crippen molar-refractivity contribution in [3.63, 3.8) is 0 Å². The molecule has 0 aromatic heterocycles. The Kier molecular flexibility index (Phi) is 5.64. The smallest absolute Gasteiger partial charge is 0.155 e. The summed E-state index contributed by atoms with van der Waals surface area (Å²) in [6.45, 7) is 2.24. The standard InChI is InChI=1S/C35H38O4/c1-33-21-30-28-10-6-23(22-4-8-27(39-2)9-5-22)18-24(28)20-34-15-12-26(37)19-25(34)7-11-29(32(30)34)31(33)13-16-35(33,38)14-3-17-36/h3-6,8-10,14,18-19,30-31,36,38H,7,11-13,15-17,20-21H2,1-2H3/b14-3-/t30?,31-,33-,34+,35-/m0/s1. The van der Waals surface area contributed by atoms with E-state index in [0.717, 1.165) is 50.7 Å². The Hall–Kier alpha value is -2.95. The fraction of sp³-hybridized carbons (Fsp3) is 0.457. The van der Waals surface area contributed by atoms with Gasteiger partial charge in [0.15, 0.2) is 5.78 Å². The Morgan fingerprint density at radius 2 is 1.85 bits per heavy atom. The first kappa shape index (κ1) is 25.0. The zero-order chi connectivity index (χ0) is 27.0. The van der Waals surface area contributed by atoms with E-state index in [1.807, 2.05) is 24.3 Å². The number of methoxy groups -OCH3 is 1. The minimum Gasteiger partial charge on any atom is -0.497 e. The summed E-state index contributed by atoms with van der Waals surface area (Å²) in [6.07, 6.45) is 12.6. The van der Waals surface area contributed by atoms with Gasteiger partial charge in [0.25, 0.3) is 0 Å². The van der Waals surface area contributed by atoms with E-state index >= 15 is 0 Å². The van der Waals surface area contributed by atoms with E-state index in [-0.39, 0.29) is 29.1 Å². The van der Waals surface area contributed by atoms with Crippen LogP contribution in [-0.4, -0.2) is 35.3 Å². The lowest BCUT2D eigenvalue weighted by Crippen LogP contribution is -2.52. The van der Waals surface area contributed by atoms with Crippen molar-refractivity contribution in [1.82, 2.24) is 0 Å². The Morgan fingerprint density at radius 1 is 1.05 bits per heavy atom. The van der Waals surface area contributed by atoms with Crippen LogP contribution in [0.1, 0.15) is 68.9 Å². The molecule has 0 amide bonds. The molecule has 5 aliphatic rings. The van der Waals surface area contributed by atoms with Crippen molar-refractivity contribution in [2.75, 3.05) is 13.7 Å². The quantitative estimate of drug-likeness (QED) is 0.452. The van der Waals surface area contributed by atoms with Crippen LogP contribution < -0.4 is 4.74 Å². The van der Waals surface area contributed by atoms with E-state index in [9.17, 15) is 15.0 Å². The summed E-state index contributed by atoms with van der Waals surface area (Å²) in [4.78, 5) is 12.6. The fourth-order valence-electron chi connectivity index (χ4n) is 9.30. The van der Waals surface area contributed by atoms with Gasteiger partial charge in [-0.1, -0.05) is 66.1 Å². The van der Waals surface area contributed by atoms with Crippen molar-refractivity contribution >= 4 is 5.78 Å². The summed E-state index contributed by atoms with van der Waals surface area (Å²) in [7, 11) is 1.69. The molecule has 4 heteroatoms. The molecule has 39 heavy (non-hydrogen) atoms. The van der Waals surface area contributed by atoms with Crippen LogP contribution in [0, 0.1) is 16.7 Å². The first-order valence-corrected chi connectivity index (χ1v) is 14.6. The van der Waals surface area contributed by atoms with Gasteiger partial charge < -0.3 is 14.9 Å². The van der Waals surface area contributed by atoms with Gasteiger partial charge in [-0.25, -0.2) is 0 Å². The van der Waals surface area contributed by atoms with Crippen LogP contribution in [0.3, 0.4) is 0 Å². The Morgan fingerprint density at radius 3 is 2.62 bits per heavy atom. The summed E-state index contributed by atoms with van der Waals surface area (Å²) >= 11 is 0. The average Bonchev–Trinajstić information content (AvgIpc) is 3.22. The molecule has 1 spiro atoms. The predicted molar refractivity (Wildman–Crippen MR) is 153 cm³/mol. The number of allylic oxidation sites excluding steroid dienone is 4. The third-order valence-electron chi connectivity index (χ3n) is 11.2. The number of benzene rings is 2. The van der Waals surface area contributed by atoms with E-state index in [2.05, 4.69) is 37.3 Å². The van der Waals surface area contributed by atoms with Crippen molar-refractivity contribution in [3.8, 4) is 16.9 Å². The number of carbonyl (C=O) groups excluding carboxylic acids is 1. The molecule has 5 aliphatic carbocycles. The Bertz CT molecular complexity index is 1450. The maximum atomic E-state index is 12.6. The van der Waals surface area contributed by atoms with Gasteiger partial charge in [-0.3, -0.25) is 4.79 Å². The number of hydrogen-bond donors (Lipinski definition) is 2. The summed E-state index contributed by atoms with van der Waals surface area (Å²) in [6, 6.07) is 15.2. The SMILES string of the molecule is COc1ccc(-c2ccc3c(c2)C[C@]24CCC(=O)C=C2CCC2=C4C3C[C@@]3(C)[C@H]2CC[C@@]3(O)/C=C\CO)cc1. The van der Waals surface area contributed by atoms with E-state index in [0.29, 0.717) is 12.3 Å². The molecule has 1 fully saturated rings. The summed E-state index contributed by atoms with van der Waals surface area (Å²) < 4.78 is 5.37. The highest BCUT2D eigenvalue weighted by Gasteiger charge is 2.63. The van der Waals surface area contributed by atoms with E-state index < -0.39 is 5.60 Å². The van der Waals surface area contributed by atoms with Crippen molar-refractivity contribution in [1.29, 1.82) is 0 Å². The molecule has 4 nitrogen and oxygen atoms in total. The molecule has 5 atom stereocenters. The number of fused-ring (bicyclic) bond motifs is 4. The summed E-state index contributed by atoms with van der Waals surface area (Å²) in [5.41, 5.74) is 8.37. The lowest BCUT2D eigenvalue weighted by Gasteiger charge is -2.59. The summed E-state index contributed by atoms with van der Waals surface area (Å²) in [5, 5.41) is 21.6. The second kappa shape index (κ2) is 8.78. The van der Waals surface area contributed by atoms with Crippen LogP contribution in [0.4, 0.5) is 0 Å². The van der Waals surface area contributed by atoms with Gasteiger partial charge in [-0.05, 0) is 91.3 Å². The van der Waals surface area contributed by atoms with Crippen LogP contribution in [0.2, 0.25) is 0 Å².